The van der Waals surface area contributed by atoms with Crippen molar-refractivity contribution in [2.75, 3.05) is 19.8 Å². The molecule has 4 atom stereocenters. The molecule has 1 aromatic heterocycles. The second kappa shape index (κ2) is 6.73. The average Bonchev–Trinajstić information content (AvgIpc) is 2.41. The lowest BCUT2D eigenvalue weighted by molar-refractivity contribution is -0.0788. The van der Waals surface area contributed by atoms with Crippen molar-refractivity contribution in [3.8, 4) is 5.75 Å². The monoisotopic (exact) mass is 300 g/mol. The van der Waals surface area contributed by atoms with Gasteiger partial charge >= 0.3 is 0 Å². The van der Waals surface area contributed by atoms with E-state index in [1.165, 1.54) is 11.8 Å². The molecule has 1 aliphatic rings. The summed E-state index contributed by atoms with van der Waals surface area (Å²) in [5, 5.41) is 29.1. The van der Waals surface area contributed by atoms with Gasteiger partial charge in [0.05, 0.1) is 11.8 Å². The van der Waals surface area contributed by atoms with Gasteiger partial charge in [-0.05, 0) is 26.2 Å². The quantitative estimate of drug-likeness (QED) is 0.702. The van der Waals surface area contributed by atoms with Gasteiger partial charge in [-0.1, -0.05) is 0 Å². The Morgan fingerprint density at radius 1 is 1.35 bits per heavy atom. The Hall–Kier alpha value is -0.860. The van der Waals surface area contributed by atoms with E-state index in [0.717, 1.165) is 5.69 Å². The van der Waals surface area contributed by atoms with Crippen LogP contribution in [0.1, 0.15) is 5.69 Å². The van der Waals surface area contributed by atoms with Crippen molar-refractivity contribution in [3.05, 3.63) is 24.0 Å². The minimum Gasteiger partial charge on any atom is -0.475 e. The standard InChI is InChI=1S/C13H20N2O4S/c1-15(2)6-8-10(4-3-5-14-8)19-13-12(18)11(17)9(16)7-20-13/h3-5,9,11-13,16-18H,6-7H2,1-2H3/t9-,11+,12-,13+/m1/s1. The normalized spacial score (nSPS) is 30.5. The Morgan fingerprint density at radius 3 is 2.80 bits per heavy atom. The summed E-state index contributed by atoms with van der Waals surface area (Å²) in [5.41, 5.74) is 0.157. The summed E-state index contributed by atoms with van der Waals surface area (Å²) < 4.78 is 5.77. The molecule has 0 bridgehead atoms. The summed E-state index contributed by atoms with van der Waals surface area (Å²) in [7, 11) is 3.87. The first kappa shape index (κ1) is 15.5. The fourth-order valence-corrected chi connectivity index (χ4v) is 3.07. The highest BCUT2D eigenvalue weighted by Crippen LogP contribution is 2.30. The summed E-state index contributed by atoms with van der Waals surface area (Å²) in [6.07, 6.45) is -1.55. The van der Waals surface area contributed by atoms with E-state index in [1.807, 2.05) is 19.0 Å². The van der Waals surface area contributed by atoms with E-state index < -0.39 is 23.7 Å². The Morgan fingerprint density at radius 2 is 2.10 bits per heavy atom. The number of hydrogen-bond donors (Lipinski definition) is 3. The molecule has 0 saturated carbocycles. The van der Waals surface area contributed by atoms with Crippen molar-refractivity contribution in [1.29, 1.82) is 0 Å². The zero-order chi connectivity index (χ0) is 14.7. The molecule has 1 saturated heterocycles. The van der Waals surface area contributed by atoms with E-state index in [4.69, 9.17) is 4.74 Å². The number of aliphatic hydroxyl groups is 3. The van der Waals surface area contributed by atoms with E-state index in [1.54, 1.807) is 18.3 Å². The Kier molecular flexibility index (Phi) is 5.22. The van der Waals surface area contributed by atoms with Crippen LogP contribution in [0.25, 0.3) is 0 Å². The number of aliphatic hydroxyl groups excluding tert-OH is 3. The maximum absolute atomic E-state index is 9.96. The number of pyridine rings is 1. The van der Waals surface area contributed by atoms with Gasteiger partial charge in [-0.15, -0.1) is 11.8 Å². The molecule has 7 heteroatoms. The summed E-state index contributed by atoms with van der Waals surface area (Å²) in [4.78, 5) is 6.24. The number of aromatic nitrogens is 1. The Balaban J connectivity index is 2.10. The molecule has 0 amide bonds. The van der Waals surface area contributed by atoms with Crippen LogP contribution in [0.5, 0.6) is 5.75 Å². The van der Waals surface area contributed by atoms with E-state index >= 15 is 0 Å². The highest BCUT2D eigenvalue weighted by Gasteiger charge is 2.38. The molecule has 20 heavy (non-hydrogen) atoms. The Labute approximate surface area is 122 Å². The number of nitrogens with zero attached hydrogens (tertiary/aromatic N) is 2. The van der Waals surface area contributed by atoms with E-state index in [2.05, 4.69) is 4.98 Å². The van der Waals surface area contributed by atoms with Crippen LogP contribution in [0.4, 0.5) is 0 Å². The summed E-state index contributed by atoms with van der Waals surface area (Å²) in [5.74, 6) is 0.910. The molecule has 0 unspecified atom stereocenters. The summed E-state index contributed by atoms with van der Waals surface area (Å²) in [6, 6.07) is 3.55. The first-order valence-electron chi connectivity index (χ1n) is 6.40. The molecule has 2 heterocycles. The van der Waals surface area contributed by atoms with Gasteiger partial charge in [0.2, 0.25) is 0 Å². The molecule has 0 aromatic carbocycles. The Bertz CT molecular complexity index is 446. The van der Waals surface area contributed by atoms with Crippen molar-refractivity contribution in [2.24, 2.45) is 0 Å². The lowest BCUT2D eigenvalue weighted by Gasteiger charge is -2.34. The minimum atomic E-state index is -1.18. The topological polar surface area (TPSA) is 86.1 Å². The number of hydrogen-bond acceptors (Lipinski definition) is 7. The van der Waals surface area contributed by atoms with Crippen LogP contribution in [0.2, 0.25) is 0 Å². The molecule has 1 aliphatic heterocycles. The molecule has 112 valence electrons. The van der Waals surface area contributed by atoms with Crippen molar-refractivity contribution >= 4 is 11.8 Å². The van der Waals surface area contributed by atoms with Crippen LogP contribution in [0.3, 0.4) is 0 Å². The van der Waals surface area contributed by atoms with Gasteiger partial charge in [0, 0.05) is 18.5 Å². The molecule has 2 rings (SSSR count). The van der Waals surface area contributed by atoms with Gasteiger partial charge < -0.3 is 25.0 Å². The first-order chi connectivity index (χ1) is 9.49. The van der Waals surface area contributed by atoms with Gasteiger partial charge in [-0.3, -0.25) is 4.98 Å². The van der Waals surface area contributed by atoms with Crippen LogP contribution in [-0.4, -0.2) is 68.8 Å². The first-order valence-corrected chi connectivity index (χ1v) is 7.45. The zero-order valence-electron chi connectivity index (χ0n) is 11.5. The van der Waals surface area contributed by atoms with E-state index in [9.17, 15) is 15.3 Å². The lowest BCUT2D eigenvalue weighted by Crippen LogP contribution is -2.50. The van der Waals surface area contributed by atoms with Gasteiger partial charge in [-0.2, -0.15) is 0 Å². The van der Waals surface area contributed by atoms with Gasteiger partial charge in [-0.25, -0.2) is 0 Å². The molecule has 6 nitrogen and oxygen atoms in total. The van der Waals surface area contributed by atoms with Crippen LogP contribution in [0, 0.1) is 0 Å². The molecule has 0 spiro atoms. The number of rotatable bonds is 4. The largest absolute Gasteiger partial charge is 0.475 e. The molecule has 1 aromatic rings. The second-order valence-electron chi connectivity index (χ2n) is 5.05. The SMILES string of the molecule is CN(C)Cc1ncccc1O[C@H]1SC[C@@H](O)[C@H](O)[C@H]1O. The van der Waals surface area contributed by atoms with Crippen molar-refractivity contribution in [2.45, 2.75) is 30.3 Å². The maximum atomic E-state index is 9.96. The zero-order valence-corrected chi connectivity index (χ0v) is 12.3. The molecule has 3 N–H and O–H groups in total. The third kappa shape index (κ3) is 3.62. The van der Waals surface area contributed by atoms with Crippen molar-refractivity contribution in [1.82, 2.24) is 9.88 Å². The maximum Gasteiger partial charge on any atom is 0.173 e. The number of thioether (sulfide) groups is 1. The van der Waals surface area contributed by atoms with Gasteiger partial charge in [0.25, 0.3) is 0 Å². The molecule has 0 aliphatic carbocycles. The van der Waals surface area contributed by atoms with Crippen LogP contribution in [-0.2, 0) is 6.54 Å². The predicted octanol–water partition coefficient (Wildman–Crippen LogP) is -0.322. The molecule has 0 radical (unpaired) electrons. The smallest absolute Gasteiger partial charge is 0.173 e. The van der Waals surface area contributed by atoms with Crippen LogP contribution < -0.4 is 4.74 Å². The van der Waals surface area contributed by atoms with Crippen LogP contribution in [0.15, 0.2) is 18.3 Å². The fourth-order valence-electron chi connectivity index (χ4n) is 1.96. The molecule has 1 fully saturated rings. The second-order valence-corrected chi connectivity index (χ2v) is 6.19. The average molecular weight is 300 g/mol. The lowest BCUT2D eigenvalue weighted by atomic mass is 10.1. The van der Waals surface area contributed by atoms with Gasteiger partial charge in [0.1, 0.15) is 18.0 Å². The summed E-state index contributed by atoms with van der Waals surface area (Å²) >= 11 is 1.28. The van der Waals surface area contributed by atoms with Crippen molar-refractivity contribution < 1.29 is 20.1 Å². The third-order valence-electron chi connectivity index (χ3n) is 3.01. The van der Waals surface area contributed by atoms with Gasteiger partial charge in [0.15, 0.2) is 5.44 Å². The number of ether oxygens (including phenoxy) is 1. The highest BCUT2D eigenvalue weighted by molar-refractivity contribution is 7.99. The summed E-state index contributed by atoms with van der Waals surface area (Å²) in [6.45, 7) is 0.620. The van der Waals surface area contributed by atoms with Crippen molar-refractivity contribution in [3.63, 3.8) is 0 Å². The van der Waals surface area contributed by atoms with E-state index in [-0.39, 0.29) is 0 Å². The highest BCUT2D eigenvalue weighted by atomic mass is 32.2. The minimum absolute atomic E-state index is 0.326. The third-order valence-corrected chi connectivity index (χ3v) is 4.25. The molecular formula is C13H20N2O4S. The molecular weight excluding hydrogens is 280 g/mol. The van der Waals surface area contributed by atoms with Crippen LogP contribution >= 0.6 is 11.8 Å². The predicted molar refractivity (Wildman–Crippen MR) is 76.5 cm³/mol. The van der Waals surface area contributed by atoms with E-state index in [0.29, 0.717) is 18.0 Å². The fraction of sp³-hybridized carbons (Fsp3) is 0.615.